The molecule has 1 saturated carbocycles. The van der Waals surface area contributed by atoms with Crippen molar-refractivity contribution in [3.05, 3.63) is 23.8 Å². The van der Waals surface area contributed by atoms with E-state index in [0.717, 1.165) is 50.3 Å². The van der Waals surface area contributed by atoms with E-state index in [0.29, 0.717) is 11.5 Å². The van der Waals surface area contributed by atoms with Gasteiger partial charge in [0.25, 0.3) is 0 Å². The topological polar surface area (TPSA) is 67.8 Å². The largest absolute Gasteiger partial charge is 0.489 e. The maximum Gasteiger partial charge on any atom is 0.335 e. The molecule has 0 aromatic heterocycles. The smallest absolute Gasteiger partial charge is 0.335 e. The van der Waals surface area contributed by atoms with Crippen LogP contribution < -0.4 is 10.1 Å². The molecule has 126 valence electrons. The molecule has 1 aromatic rings. The van der Waals surface area contributed by atoms with E-state index in [1.807, 2.05) is 13.8 Å². The van der Waals surface area contributed by atoms with Crippen LogP contribution in [-0.4, -0.2) is 36.4 Å². The number of benzene rings is 1. The van der Waals surface area contributed by atoms with Gasteiger partial charge >= 0.3 is 5.97 Å². The summed E-state index contributed by atoms with van der Waals surface area (Å²) < 4.78 is 11.3. The van der Waals surface area contributed by atoms with Crippen molar-refractivity contribution in [2.75, 3.05) is 18.5 Å². The van der Waals surface area contributed by atoms with Gasteiger partial charge in [0.05, 0.1) is 17.4 Å². The lowest BCUT2D eigenvalue weighted by Crippen LogP contribution is -2.48. The highest BCUT2D eigenvalue weighted by molar-refractivity contribution is 5.89. The average Bonchev–Trinajstić information content (AvgIpc) is 2.47. The number of carboxylic acids is 1. The molecular weight excluding hydrogens is 294 g/mol. The summed E-state index contributed by atoms with van der Waals surface area (Å²) in [5.41, 5.74) is 1.49. The fourth-order valence-electron chi connectivity index (χ4n) is 3.65. The molecule has 2 fully saturated rings. The Kier molecular flexibility index (Phi) is 4.48. The van der Waals surface area contributed by atoms with Gasteiger partial charge < -0.3 is 19.9 Å². The first kappa shape index (κ1) is 16.1. The Morgan fingerprint density at radius 3 is 2.65 bits per heavy atom. The number of rotatable bonds is 5. The number of carboxylic acid groups (broad SMARTS) is 1. The molecular formula is C18H25NO4. The molecule has 2 aliphatic rings. The monoisotopic (exact) mass is 319 g/mol. The molecule has 1 aliphatic carbocycles. The molecule has 1 saturated heterocycles. The van der Waals surface area contributed by atoms with Gasteiger partial charge in [0.2, 0.25) is 0 Å². The number of carbonyl (C=O) groups is 1. The van der Waals surface area contributed by atoms with E-state index >= 15 is 0 Å². The van der Waals surface area contributed by atoms with Crippen molar-refractivity contribution in [2.45, 2.75) is 51.7 Å². The zero-order chi connectivity index (χ0) is 16.4. The minimum atomic E-state index is -0.918. The standard InChI is InChI=1S/C18H25NO4/c1-12(2)23-16-4-3-13(17(20)21)9-15(16)19-14-10-18(11-14)5-7-22-8-6-18/h3-4,9,12,14,19H,5-8,10-11H2,1-2H3,(H,20,21). The summed E-state index contributed by atoms with van der Waals surface area (Å²) in [7, 11) is 0. The first-order chi connectivity index (χ1) is 11.0. The Balaban J connectivity index is 1.70. The zero-order valence-electron chi connectivity index (χ0n) is 13.8. The number of hydrogen-bond acceptors (Lipinski definition) is 4. The minimum absolute atomic E-state index is 0.0504. The van der Waals surface area contributed by atoms with Gasteiger partial charge in [-0.25, -0.2) is 4.79 Å². The van der Waals surface area contributed by atoms with Gasteiger partial charge in [-0.15, -0.1) is 0 Å². The van der Waals surface area contributed by atoms with Gasteiger partial charge in [-0.05, 0) is 63.1 Å². The summed E-state index contributed by atoms with van der Waals surface area (Å²) in [6.45, 7) is 5.66. The van der Waals surface area contributed by atoms with Crippen molar-refractivity contribution in [2.24, 2.45) is 5.41 Å². The van der Waals surface area contributed by atoms with Crippen LogP contribution in [0.5, 0.6) is 5.75 Å². The molecule has 5 heteroatoms. The lowest BCUT2D eigenvalue weighted by Gasteiger charge is -2.50. The predicted molar refractivity (Wildman–Crippen MR) is 88.3 cm³/mol. The maximum absolute atomic E-state index is 11.2. The Morgan fingerprint density at radius 1 is 1.35 bits per heavy atom. The van der Waals surface area contributed by atoms with Gasteiger partial charge in [-0.2, -0.15) is 0 Å². The molecule has 2 N–H and O–H groups in total. The molecule has 5 nitrogen and oxygen atoms in total. The normalized spacial score (nSPS) is 20.3. The van der Waals surface area contributed by atoms with Gasteiger partial charge in [0, 0.05) is 19.3 Å². The fourth-order valence-corrected chi connectivity index (χ4v) is 3.65. The quantitative estimate of drug-likeness (QED) is 0.869. The van der Waals surface area contributed by atoms with Crippen LogP contribution in [0.25, 0.3) is 0 Å². The molecule has 0 bridgehead atoms. The molecule has 3 rings (SSSR count). The molecule has 0 radical (unpaired) electrons. The third-order valence-corrected chi connectivity index (χ3v) is 4.86. The molecule has 1 spiro atoms. The van der Waals surface area contributed by atoms with E-state index in [2.05, 4.69) is 5.32 Å². The van der Waals surface area contributed by atoms with Crippen LogP contribution in [0.15, 0.2) is 18.2 Å². The van der Waals surface area contributed by atoms with E-state index in [4.69, 9.17) is 9.47 Å². The highest BCUT2D eigenvalue weighted by Crippen LogP contribution is 2.50. The second kappa shape index (κ2) is 6.40. The number of hydrogen-bond donors (Lipinski definition) is 2. The lowest BCUT2D eigenvalue weighted by molar-refractivity contribution is -0.0342. The van der Waals surface area contributed by atoms with E-state index in [-0.39, 0.29) is 11.7 Å². The van der Waals surface area contributed by atoms with Crippen molar-refractivity contribution in [1.29, 1.82) is 0 Å². The van der Waals surface area contributed by atoms with Crippen molar-refractivity contribution < 1.29 is 19.4 Å². The molecule has 0 unspecified atom stereocenters. The van der Waals surface area contributed by atoms with Gasteiger partial charge in [-0.3, -0.25) is 0 Å². The summed E-state index contributed by atoms with van der Waals surface area (Å²) in [6.07, 6.45) is 4.56. The van der Waals surface area contributed by atoms with Crippen LogP contribution in [-0.2, 0) is 4.74 Å². The highest BCUT2D eigenvalue weighted by atomic mass is 16.5. The number of anilines is 1. The van der Waals surface area contributed by atoms with Crippen LogP contribution in [0.2, 0.25) is 0 Å². The third kappa shape index (κ3) is 3.61. The van der Waals surface area contributed by atoms with E-state index in [9.17, 15) is 9.90 Å². The summed E-state index contributed by atoms with van der Waals surface area (Å²) in [5, 5.41) is 12.7. The first-order valence-corrected chi connectivity index (χ1v) is 8.36. The van der Waals surface area contributed by atoms with Crippen LogP contribution in [0.1, 0.15) is 49.9 Å². The Bertz CT molecular complexity index is 570. The third-order valence-electron chi connectivity index (χ3n) is 4.86. The summed E-state index contributed by atoms with van der Waals surface area (Å²) in [5.74, 6) is -0.198. The molecule has 1 aromatic carbocycles. The Labute approximate surface area is 137 Å². The van der Waals surface area contributed by atoms with E-state index < -0.39 is 5.97 Å². The number of nitrogens with one attached hydrogen (secondary N) is 1. The van der Waals surface area contributed by atoms with Crippen molar-refractivity contribution >= 4 is 11.7 Å². The Morgan fingerprint density at radius 2 is 2.04 bits per heavy atom. The minimum Gasteiger partial charge on any atom is -0.489 e. The first-order valence-electron chi connectivity index (χ1n) is 8.36. The molecule has 0 atom stereocenters. The van der Waals surface area contributed by atoms with Crippen LogP contribution >= 0.6 is 0 Å². The van der Waals surface area contributed by atoms with Crippen molar-refractivity contribution in [3.63, 3.8) is 0 Å². The van der Waals surface area contributed by atoms with E-state index in [1.54, 1.807) is 18.2 Å². The lowest BCUT2D eigenvalue weighted by atomic mass is 9.61. The second-order valence-electron chi connectivity index (χ2n) is 7.04. The van der Waals surface area contributed by atoms with Gasteiger partial charge in [-0.1, -0.05) is 0 Å². The van der Waals surface area contributed by atoms with Crippen LogP contribution in [0.3, 0.4) is 0 Å². The maximum atomic E-state index is 11.2. The SMILES string of the molecule is CC(C)Oc1ccc(C(=O)O)cc1NC1CC2(CCOCC2)C1. The van der Waals surface area contributed by atoms with Gasteiger partial charge in [0.1, 0.15) is 5.75 Å². The van der Waals surface area contributed by atoms with Crippen molar-refractivity contribution in [3.8, 4) is 5.75 Å². The highest BCUT2D eigenvalue weighted by Gasteiger charge is 2.45. The van der Waals surface area contributed by atoms with Crippen LogP contribution in [0, 0.1) is 5.41 Å². The van der Waals surface area contributed by atoms with Gasteiger partial charge in [0.15, 0.2) is 0 Å². The average molecular weight is 319 g/mol. The second-order valence-corrected chi connectivity index (χ2v) is 7.04. The molecule has 1 heterocycles. The molecule has 0 amide bonds. The summed E-state index contributed by atoms with van der Waals surface area (Å²) in [6, 6.07) is 5.39. The summed E-state index contributed by atoms with van der Waals surface area (Å²) in [4.78, 5) is 11.2. The fraction of sp³-hybridized carbons (Fsp3) is 0.611. The molecule has 23 heavy (non-hydrogen) atoms. The Hall–Kier alpha value is -1.75. The van der Waals surface area contributed by atoms with E-state index in [1.165, 1.54) is 0 Å². The summed E-state index contributed by atoms with van der Waals surface area (Å²) >= 11 is 0. The number of ether oxygens (including phenoxy) is 2. The van der Waals surface area contributed by atoms with Crippen LogP contribution in [0.4, 0.5) is 5.69 Å². The van der Waals surface area contributed by atoms with Crippen molar-refractivity contribution in [1.82, 2.24) is 0 Å². The molecule has 1 aliphatic heterocycles. The number of aromatic carboxylic acids is 1. The zero-order valence-corrected chi connectivity index (χ0v) is 13.8. The predicted octanol–water partition coefficient (Wildman–Crippen LogP) is 3.54.